The molecule has 116 valence electrons. The third kappa shape index (κ3) is 3.74. The zero-order valence-corrected chi connectivity index (χ0v) is 13.4. The Morgan fingerprint density at radius 3 is 2.90 bits per heavy atom. The van der Waals surface area contributed by atoms with Crippen LogP contribution in [0.4, 0.5) is 9.93 Å². The van der Waals surface area contributed by atoms with E-state index in [9.17, 15) is 4.79 Å². The highest BCUT2D eigenvalue weighted by Gasteiger charge is 2.42. The van der Waals surface area contributed by atoms with Crippen LogP contribution in [0.2, 0.25) is 0 Å². The standard InChI is InChI=1S/C15H23N3O2S/c1-20-9-8-15(6-7-15)10-16-13(19)18-14-17-11-4-2-3-5-12(11)21-14/h2-10H2,1H3,(H2,16,17,18,19). The molecule has 3 rings (SSSR count). The van der Waals surface area contributed by atoms with E-state index in [-0.39, 0.29) is 11.4 Å². The number of carbonyl (C=O) groups excluding carboxylic acids is 1. The molecule has 1 aromatic heterocycles. The molecular formula is C15H23N3O2S. The number of thiazole rings is 1. The number of amides is 2. The molecule has 0 radical (unpaired) electrons. The third-order valence-corrected chi connectivity index (χ3v) is 5.56. The van der Waals surface area contributed by atoms with E-state index in [1.165, 1.54) is 36.3 Å². The summed E-state index contributed by atoms with van der Waals surface area (Å²) in [6, 6.07) is -0.134. The molecule has 1 fully saturated rings. The van der Waals surface area contributed by atoms with Gasteiger partial charge in [-0.15, -0.1) is 11.3 Å². The van der Waals surface area contributed by atoms with Gasteiger partial charge in [-0.1, -0.05) is 0 Å². The van der Waals surface area contributed by atoms with Gasteiger partial charge in [0.25, 0.3) is 0 Å². The molecule has 2 aliphatic rings. The summed E-state index contributed by atoms with van der Waals surface area (Å²) in [7, 11) is 1.72. The average molecular weight is 309 g/mol. The number of methoxy groups -OCH3 is 1. The van der Waals surface area contributed by atoms with E-state index in [4.69, 9.17) is 4.74 Å². The molecule has 0 unspecified atom stereocenters. The average Bonchev–Trinajstić information content (AvgIpc) is 3.14. The number of ether oxygens (including phenoxy) is 1. The van der Waals surface area contributed by atoms with Crippen molar-refractivity contribution in [2.24, 2.45) is 5.41 Å². The molecule has 1 saturated carbocycles. The second-order valence-corrected chi connectivity index (χ2v) is 7.23. The number of urea groups is 1. The van der Waals surface area contributed by atoms with Crippen LogP contribution in [0.3, 0.4) is 0 Å². The van der Waals surface area contributed by atoms with Gasteiger partial charge in [0.2, 0.25) is 0 Å². The summed E-state index contributed by atoms with van der Waals surface area (Å²) in [6.07, 6.45) is 8.00. The van der Waals surface area contributed by atoms with E-state index in [1.54, 1.807) is 18.4 Å². The monoisotopic (exact) mass is 309 g/mol. The predicted molar refractivity (Wildman–Crippen MR) is 83.9 cm³/mol. The van der Waals surface area contributed by atoms with Gasteiger partial charge >= 0.3 is 6.03 Å². The summed E-state index contributed by atoms with van der Waals surface area (Å²) in [4.78, 5) is 17.9. The zero-order valence-electron chi connectivity index (χ0n) is 12.5. The van der Waals surface area contributed by atoms with Crippen LogP contribution in [0.1, 0.15) is 42.7 Å². The minimum Gasteiger partial charge on any atom is -0.385 e. The Morgan fingerprint density at radius 1 is 1.38 bits per heavy atom. The fourth-order valence-electron chi connectivity index (χ4n) is 2.83. The number of anilines is 1. The largest absolute Gasteiger partial charge is 0.385 e. The quantitative estimate of drug-likeness (QED) is 0.849. The number of aryl methyl sites for hydroxylation is 2. The van der Waals surface area contributed by atoms with Crippen molar-refractivity contribution in [3.63, 3.8) is 0 Å². The highest BCUT2D eigenvalue weighted by Crippen LogP contribution is 2.48. The summed E-state index contributed by atoms with van der Waals surface area (Å²) in [5.74, 6) is 0. The maximum Gasteiger partial charge on any atom is 0.321 e. The summed E-state index contributed by atoms with van der Waals surface area (Å²) in [5.41, 5.74) is 1.45. The number of nitrogens with zero attached hydrogens (tertiary/aromatic N) is 1. The Morgan fingerprint density at radius 2 is 2.19 bits per heavy atom. The molecule has 0 aromatic carbocycles. The molecule has 2 aliphatic carbocycles. The Hall–Kier alpha value is -1.14. The van der Waals surface area contributed by atoms with E-state index in [0.717, 1.165) is 37.5 Å². The van der Waals surface area contributed by atoms with Crippen molar-refractivity contribution in [1.82, 2.24) is 10.3 Å². The van der Waals surface area contributed by atoms with Crippen LogP contribution in [0.5, 0.6) is 0 Å². The summed E-state index contributed by atoms with van der Waals surface area (Å²) in [5, 5.41) is 6.60. The van der Waals surface area contributed by atoms with Crippen molar-refractivity contribution in [3.8, 4) is 0 Å². The molecule has 1 heterocycles. The molecule has 2 N–H and O–H groups in total. The zero-order chi connectivity index (χ0) is 14.7. The molecule has 21 heavy (non-hydrogen) atoms. The molecule has 1 aromatic rings. The first kappa shape index (κ1) is 14.8. The Kier molecular flexibility index (Phi) is 4.45. The van der Waals surface area contributed by atoms with E-state index in [2.05, 4.69) is 15.6 Å². The summed E-state index contributed by atoms with van der Waals surface area (Å²) < 4.78 is 5.13. The number of rotatable bonds is 6. The molecule has 0 saturated heterocycles. The molecule has 0 spiro atoms. The van der Waals surface area contributed by atoms with Gasteiger partial charge in [-0.25, -0.2) is 9.78 Å². The lowest BCUT2D eigenvalue weighted by atomic mass is 10.0. The van der Waals surface area contributed by atoms with Gasteiger partial charge in [-0.2, -0.15) is 0 Å². The first-order valence-electron chi connectivity index (χ1n) is 7.73. The topological polar surface area (TPSA) is 63.2 Å². The van der Waals surface area contributed by atoms with Crippen LogP contribution in [0.15, 0.2) is 0 Å². The second-order valence-electron chi connectivity index (χ2n) is 6.15. The molecule has 6 heteroatoms. The fourth-order valence-corrected chi connectivity index (χ4v) is 3.87. The fraction of sp³-hybridized carbons (Fsp3) is 0.733. The van der Waals surface area contributed by atoms with Gasteiger partial charge < -0.3 is 10.1 Å². The number of hydrogen-bond donors (Lipinski definition) is 2. The predicted octanol–water partition coefficient (Wildman–Crippen LogP) is 2.96. The van der Waals surface area contributed by atoms with Crippen LogP contribution < -0.4 is 10.6 Å². The number of carbonyl (C=O) groups is 1. The first-order valence-corrected chi connectivity index (χ1v) is 8.55. The van der Waals surface area contributed by atoms with E-state index in [0.29, 0.717) is 0 Å². The number of nitrogens with one attached hydrogen (secondary N) is 2. The Balaban J connectivity index is 1.47. The van der Waals surface area contributed by atoms with Gasteiger partial charge in [0.1, 0.15) is 0 Å². The van der Waals surface area contributed by atoms with Crippen molar-refractivity contribution in [2.45, 2.75) is 44.9 Å². The van der Waals surface area contributed by atoms with Crippen LogP contribution >= 0.6 is 11.3 Å². The molecule has 0 bridgehead atoms. The highest BCUT2D eigenvalue weighted by atomic mass is 32.1. The van der Waals surface area contributed by atoms with Crippen molar-refractivity contribution >= 4 is 22.5 Å². The molecule has 2 amide bonds. The first-order chi connectivity index (χ1) is 10.2. The summed E-state index contributed by atoms with van der Waals surface area (Å²) in [6.45, 7) is 1.50. The van der Waals surface area contributed by atoms with Crippen LogP contribution in [0.25, 0.3) is 0 Å². The lowest BCUT2D eigenvalue weighted by Crippen LogP contribution is -2.34. The Labute approximate surface area is 129 Å². The second kappa shape index (κ2) is 6.32. The van der Waals surface area contributed by atoms with Crippen molar-refractivity contribution < 1.29 is 9.53 Å². The van der Waals surface area contributed by atoms with Crippen LogP contribution in [-0.4, -0.2) is 31.3 Å². The van der Waals surface area contributed by atoms with Gasteiger partial charge in [-0.3, -0.25) is 5.32 Å². The van der Waals surface area contributed by atoms with Gasteiger partial charge in [0, 0.05) is 25.1 Å². The summed E-state index contributed by atoms with van der Waals surface area (Å²) >= 11 is 1.62. The normalized spacial score (nSPS) is 18.9. The molecule has 0 aliphatic heterocycles. The van der Waals surface area contributed by atoms with E-state index in [1.807, 2.05) is 0 Å². The lowest BCUT2D eigenvalue weighted by Gasteiger charge is -2.15. The number of fused-ring (bicyclic) bond motifs is 1. The lowest BCUT2D eigenvalue weighted by molar-refractivity contribution is 0.171. The maximum absolute atomic E-state index is 12.0. The Bertz CT molecular complexity index is 488. The molecule has 5 nitrogen and oxygen atoms in total. The van der Waals surface area contributed by atoms with Gasteiger partial charge in [0.05, 0.1) is 5.69 Å². The van der Waals surface area contributed by atoms with E-state index >= 15 is 0 Å². The number of aromatic nitrogens is 1. The minimum absolute atomic E-state index is 0.134. The molecular weight excluding hydrogens is 286 g/mol. The van der Waals surface area contributed by atoms with E-state index < -0.39 is 0 Å². The maximum atomic E-state index is 12.0. The SMILES string of the molecule is COCCC1(CNC(=O)Nc2nc3c(s2)CCCC3)CC1. The number of hydrogen-bond acceptors (Lipinski definition) is 4. The highest BCUT2D eigenvalue weighted by molar-refractivity contribution is 7.15. The van der Waals surface area contributed by atoms with Gasteiger partial charge in [-0.05, 0) is 50.4 Å². The van der Waals surface area contributed by atoms with Gasteiger partial charge in [0.15, 0.2) is 5.13 Å². The smallest absolute Gasteiger partial charge is 0.321 e. The van der Waals surface area contributed by atoms with Crippen LogP contribution in [0, 0.1) is 5.41 Å². The van der Waals surface area contributed by atoms with Crippen molar-refractivity contribution in [3.05, 3.63) is 10.6 Å². The molecule has 0 atom stereocenters. The van der Waals surface area contributed by atoms with Crippen molar-refractivity contribution in [1.29, 1.82) is 0 Å². The third-order valence-electron chi connectivity index (χ3n) is 4.48. The minimum atomic E-state index is -0.134. The van der Waals surface area contributed by atoms with Crippen LogP contribution in [-0.2, 0) is 17.6 Å². The van der Waals surface area contributed by atoms with Crippen molar-refractivity contribution in [2.75, 3.05) is 25.6 Å².